The number of rotatable bonds is 7. The lowest BCUT2D eigenvalue weighted by atomic mass is 10.1. The van der Waals surface area contributed by atoms with Gasteiger partial charge in [0.15, 0.2) is 0 Å². The quantitative estimate of drug-likeness (QED) is 0.208. The molecular weight excluding hydrogens is 508 g/mol. The van der Waals surface area contributed by atoms with E-state index in [1.54, 1.807) is 48.5 Å². The van der Waals surface area contributed by atoms with Crippen molar-refractivity contribution in [2.24, 2.45) is 0 Å². The molecule has 1 saturated heterocycles. The average Bonchev–Trinajstić information content (AvgIpc) is 3.06. The molecule has 3 aromatic rings. The molecule has 0 aromatic heterocycles. The molecule has 0 unspecified atom stereocenters. The zero-order valence-electron chi connectivity index (χ0n) is 17.1. The summed E-state index contributed by atoms with van der Waals surface area (Å²) < 4.78 is 6.57. The third-order valence-electron chi connectivity index (χ3n) is 4.90. The number of para-hydroxylation sites is 1. The van der Waals surface area contributed by atoms with E-state index in [-0.39, 0.29) is 30.0 Å². The van der Waals surface area contributed by atoms with Gasteiger partial charge in [0.25, 0.3) is 16.8 Å². The summed E-state index contributed by atoms with van der Waals surface area (Å²) in [6.45, 7) is 0.214. The standard InChI is InChI=1S/C24H17BrN2O5S/c25-20-10-3-1-7-17(20)14-26-23(28)22(33-24(26)29)13-16-6-5-9-19(12-16)32-15-18-8-2-4-11-21(18)27(30)31/h1-13H,14-15H2/b22-13-. The Bertz CT molecular complexity index is 1280. The van der Waals surface area contributed by atoms with Crippen molar-refractivity contribution in [2.45, 2.75) is 13.2 Å². The second-order valence-electron chi connectivity index (χ2n) is 7.11. The van der Waals surface area contributed by atoms with Gasteiger partial charge in [-0.15, -0.1) is 0 Å². The van der Waals surface area contributed by atoms with Crippen molar-refractivity contribution in [2.75, 3.05) is 0 Å². The highest BCUT2D eigenvalue weighted by Gasteiger charge is 2.35. The third-order valence-corrected chi connectivity index (χ3v) is 6.58. The molecule has 2 amide bonds. The summed E-state index contributed by atoms with van der Waals surface area (Å²) in [6.07, 6.45) is 1.64. The zero-order valence-corrected chi connectivity index (χ0v) is 19.5. The van der Waals surface area contributed by atoms with E-state index in [1.807, 2.05) is 24.3 Å². The topological polar surface area (TPSA) is 89.7 Å². The number of nitrogens with zero attached hydrogens (tertiary/aromatic N) is 2. The van der Waals surface area contributed by atoms with Crippen molar-refractivity contribution in [3.8, 4) is 5.75 Å². The van der Waals surface area contributed by atoms with Gasteiger partial charge >= 0.3 is 0 Å². The molecule has 1 heterocycles. The summed E-state index contributed by atoms with van der Waals surface area (Å²) in [4.78, 5) is 37.5. The van der Waals surface area contributed by atoms with Crippen LogP contribution >= 0.6 is 27.7 Å². The third kappa shape index (κ3) is 5.32. The Morgan fingerprint density at radius 1 is 1.00 bits per heavy atom. The fourth-order valence-electron chi connectivity index (χ4n) is 3.25. The molecule has 33 heavy (non-hydrogen) atoms. The van der Waals surface area contributed by atoms with E-state index in [0.717, 1.165) is 21.8 Å². The fourth-order valence-corrected chi connectivity index (χ4v) is 4.50. The Morgan fingerprint density at radius 3 is 2.48 bits per heavy atom. The number of halogens is 1. The molecule has 1 aliphatic heterocycles. The number of thioether (sulfide) groups is 1. The van der Waals surface area contributed by atoms with Crippen LogP contribution in [0.4, 0.5) is 10.5 Å². The number of ether oxygens (including phenoxy) is 1. The van der Waals surface area contributed by atoms with Crippen LogP contribution in [0, 0.1) is 10.1 Å². The Labute approximate surface area is 202 Å². The molecule has 0 N–H and O–H groups in total. The largest absolute Gasteiger partial charge is 0.489 e. The highest BCUT2D eigenvalue weighted by Crippen LogP contribution is 2.34. The second-order valence-corrected chi connectivity index (χ2v) is 8.95. The van der Waals surface area contributed by atoms with Crippen LogP contribution in [0.3, 0.4) is 0 Å². The number of imide groups is 1. The lowest BCUT2D eigenvalue weighted by Gasteiger charge is -2.13. The van der Waals surface area contributed by atoms with E-state index in [9.17, 15) is 19.7 Å². The predicted octanol–water partition coefficient (Wildman–Crippen LogP) is 6.17. The van der Waals surface area contributed by atoms with Gasteiger partial charge in [0, 0.05) is 10.5 Å². The minimum Gasteiger partial charge on any atom is -0.489 e. The molecule has 1 aliphatic rings. The molecule has 166 valence electrons. The smallest absolute Gasteiger partial charge is 0.293 e. The highest BCUT2D eigenvalue weighted by molar-refractivity contribution is 9.10. The van der Waals surface area contributed by atoms with Gasteiger partial charge in [0.05, 0.1) is 21.9 Å². The van der Waals surface area contributed by atoms with E-state index >= 15 is 0 Å². The average molecular weight is 525 g/mol. The maximum Gasteiger partial charge on any atom is 0.293 e. The molecule has 0 saturated carbocycles. The lowest BCUT2D eigenvalue weighted by Crippen LogP contribution is -2.27. The van der Waals surface area contributed by atoms with Gasteiger partial charge < -0.3 is 4.74 Å². The van der Waals surface area contributed by atoms with Gasteiger partial charge in [-0.3, -0.25) is 24.6 Å². The highest BCUT2D eigenvalue weighted by atomic mass is 79.9. The molecule has 0 atom stereocenters. The summed E-state index contributed by atoms with van der Waals surface area (Å²) in [5.74, 6) is 0.140. The van der Waals surface area contributed by atoms with Crippen molar-refractivity contribution in [3.63, 3.8) is 0 Å². The molecule has 1 fully saturated rings. The van der Waals surface area contributed by atoms with Crippen molar-refractivity contribution < 1.29 is 19.2 Å². The number of nitro groups is 1. The normalized spacial score (nSPS) is 14.7. The van der Waals surface area contributed by atoms with Crippen LogP contribution in [0.1, 0.15) is 16.7 Å². The lowest BCUT2D eigenvalue weighted by molar-refractivity contribution is -0.385. The number of hydrogen-bond acceptors (Lipinski definition) is 6. The van der Waals surface area contributed by atoms with Gasteiger partial charge in [-0.25, -0.2) is 0 Å². The second kappa shape index (κ2) is 10.0. The summed E-state index contributed by atoms with van der Waals surface area (Å²) >= 11 is 4.33. The molecule has 0 aliphatic carbocycles. The first-order chi connectivity index (χ1) is 15.9. The van der Waals surface area contributed by atoms with Crippen LogP contribution in [-0.2, 0) is 17.9 Å². The minimum absolute atomic E-state index is 0.00705. The number of benzene rings is 3. The van der Waals surface area contributed by atoms with Gasteiger partial charge in [-0.2, -0.15) is 0 Å². The van der Waals surface area contributed by atoms with Crippen LogP contribution in [0.15, 0.2) is 82.2 Å². The Morgan fingerprint density at radius 2 is 1.73 bits per heavy atom. The van der Waals surface area contributed by atoms with Crippen molar-refractivity contribution in [3.05, 3.63) is 109 Å². The minimum atomic E-state index is -0.445. The van der Waals surface area contributed by atoms with Gasteiger partial charge in [0.1, 0.15) is 12.4 Å². The summed E-state index contributed by atoms with van der Waals surface area (Å²) in [6, 6.07) is 20.8. The van der Waals surface area contributed by atoms with Crippen LogP contribution < -0.4 is 4.74 Å². The van der Waals surface area contributed by atoms with E-state index in [1.165, 1.54) is 11.0 Å². The fraction of sp³-hybridized carbons (Fsp3) is 0.0833. The van der Waals surface area contributed by atoms with E-state index in [2.05, 4.69) is 15.9 Å². The number of amides is 2. The van der Waals surface area contributed by atoms with Gasteiger partial charge in [-0.05, 0) is 53.2 Å². The predicted molar refractivity (Wildman–Crippen MR) is 130 cm³/mol. The number of hydrogen-bond donors (Lipinski definition) is 0. The SMILES string of the molecule is O=C1S/C(=C\c2cccc(OCc3ccccc3[N+](=O)[O-])c2)C(=O)N1Cc1ccccc1Br. The van der Waals surface area contributed by atoms with Gasteiger partial charge in [0.2, 0.25) is 0 Å². The number of carbonyl (C=O) groups excluding carboxylic acids is 2. The van der Waals surface area contributed by atoms with Gasteiger partial charge in [-0.1, -0.05) is 58.4 Å². The van der Waals surface area contributed by atoms with E-state index < -0.39 is 4.92 Å². The van der Waals surface area contributed by atoms with Crippen LogP contribution in [-0.4, -0.2) is 21.0 Å². The monoisotopic (exact) mass is 524 g/mol. The van der Waals surface area contributed by atoms with Crippen LogP contribution in [0.5, 0.6) is 5.75 Å². The van der Waals surface area contributed by atoms with Crippen molar-refractivity contribution >= 4 is 50.6 Å². The van der Waals surface area contributed by atoms with Crippen molar-refractivity contribution in [1.82, 2.24) is 4.90 Å². The van der Waals surface area contributed by atoms with Crippen molar-refractivity contribution in [1.29, 1.82) is 0 Å². The Balaban J connectivity index is 1.48. The van der Waals surface area contributed by atoms with E-state index in [4.69, 9.17) is 4.74 Å². The summed E-state index contributed by atoms with van der Waals surface area (Å²) in [7, 11) is 0. The zero-order chi connectivity index (χ0) is 23.4. The number of carbonyl (C=O) groups is 2. The molecule has 7 nitrogen and oxygen atoms in total. The first-order valence-electron chi connectivity index (χ1n) is 9.86. The Hall–Kier alpha value is -3.43. The molecule has 4 rings (SSSR count). The molecule has 9 heteroatoms. The van der Waals surface area contributed by atoms with Crippen LogP contribution in [0.25, 0.3) is 6.08 Å². The summed E-state index contributed by atoms with van der Waals surface area (Å²) in [5.41, 5.74) is 1.97. The molecule has 0 radical (unpaired) electrons. The first-order valence-corrected chi connectivity index (χ1v) is 11.5. The molecule has 0 bridgehead atoms. The van der Waals surface area contributed by atoms with Crippen LogP contribution in [0.2, 0.25) is 0 Å². The maximum atomic E-state index is 12.8. The molecule has 0 spiro atoms. The molecule has 3 aromatic carbocycles. The maximum absolute atomic E-state index is 12.8. The molecular formula is C24H17BrN2O5S. The van der Waals surface area contributed by atoms with E-state index in [0.29, 0.717) is 21.8 Å². The Kier molecular flexibility index (Phi) is 6.90. The first kappa shape index (κ1) is 22.8. The number of nitro benzene ring substituents is 1. The summed E-state index contributed by atoms with van der Waals surface area (Å²) in [5, 5.41) is 10.8.